The van der Waals surface area contributed by atoms with Crippen LogP contribution in [0.4, 0.5) is 0 Å². The summed E-state index contributed by atoms with van der Waals surface area (Å²) in [6.45, 7) is 75.2. The molecule has 0 N–H and O–H groups in total. The first kappa shape index (κ1) is 80.2. The molecule has 0 amide bonds. The van der Waals surface area contributed by atoms with Crippen molar-refractivity contribution in [2.24, 2.45) is 0 Å². The standard InChI is InChI=1S/C24H6N6S3.C16H6N4.C12N6.C9N4O.C9N4S.C6N2O2/c1-29-14(11-27)17-4-7-20(32-17)23-22(19-6-3-16(31-19)13(9-25)10-26)24(23)21-8-5-18(33-21)15(12-28)30-2;1-19-16(20-2)14-6-5-11-7-13(15(9-17)10-18)4-3-12(11)8-14;1-16-8(6-15)10-9(7(4-13)5-14)11(10)12(17-2)18-3;2*1-12-9(13-2)7-6(8(7)14)5(3-10)4-11;7-1-3(2-8)4-5(9)6(4)10/h3-8H;3-8H;;;;/b17-14-,18-15+,22-19?,23-20?,24-21?;;10-8-;;;. The second-order valence-electron chi connectivity index (χ2n) is 19.2. The molecule has 0 spiro atoms. The number of nitriles is 15. The van der Waals surface area contributed by atoms with Gasteiger partial charge in [0.25, 0.3) is 17.1 Å². The monoisotopic (exact) mass is 1460 g/mol. The Balaban J connectivity index is 0.000000245. The van der Waals surface area contributed by atoms with Crippen molar-refractivity contribution in [1.29, 1.82) is 78.9 Å². The summed E-state index contributed by atoms with van der Waals surface area (Å²) < 4.78 is 4.67. The van der Waals surface area contributed by atoms with Gasteiger partial charge in [0.2, 0.25) is 11.6 Å². The molecule has 29 nitrogen and oxygen atoms in total. The molecule has 3 aromatic heterocycles. The van der Waals surface area contributed by atoms with E-state index in [-0.39, 0.29) is 121 Å². The number of thiophene rings is 3. The van der Waals surface area contributed by atoms with Gasteiger partial charge in [0.15, 0.2) is 5.43 Å². The summed E-state index contributed by atoms with van der Waals surface area (Å²) >= 11 is 8.83. The van der Waals surface area contributed by atoms with E-state index >= 15 is 0 Å². The third kappa shape index (κ3) is 17.3. The maximum absolute atomic E-state index is 11.0. The Morgan fingerprint density at radius 1 is 0.294 bits per heavy atom. The summed E-state index contributed by atoms with van der Waals surface area (Å²) in [6, 6.07) is 46.7. The van der Waals surface area contributed by atoms with Crippen molar-refractivity contribution in [3.63, 3.8) is 0 Å². The van der Waals surface area contributed by atoms with E-state index in [0.717, 1.165) is 41.1 Å². The topological polar surface area (TPSA) is 456 Å². The van der Waals surface area contributed by atoms with Crippen LogP contribution in [0.15, 0.2) is 123 Å². The highest BCUT2D eigenvalue weighted by molar-refractivity contribution is 7.71. The van der Waals surface area contributed by atoms with Gasteiger partial charge in [-0.15, -0.1) is 34.0 Å². The predicted molar refractivity (Wildman–Crippen MR) is 383 cm³/mol. The summed E-state index contributed by atoms with van der Waals surface area (Å²) in [5.41, 5.74) is 0.926. The molecule has 0 aliphatic heterocycles. The van der Waals surface area contributed by atoms with Gasteiger partial charge in [0.05, 0.1) is 68.2 Å². The fourth-order valence-corrected chi connectivity index (χ4v) is 12.0. The molecule has 0 radical (unpaired) electrons. The lowest BCUT2D eigenvalue weighted by atomic mass is 10.1. The van der Waals surface area contributed by atoms with E-state index in [2.05, 4.69) is 53.3 Å². The molecule has 33 heteroatoms. The van der Waals surface area contributed by atoms with Crippen LogP contribution in [0.1, 0.15) is 0 Å². The van der Waals surface area contributed by atoms with Crippen LogP contribution in [0.3, 0.4) is 0 Å². The molecule has 0 unspecified atom stereocenters. The molecule has 3 saturated carbocycles. The Labute approximate surface area is 628 Å². The van der Waals surface area contributed by atoms with E-state index in [1.165, 1.54) is 58.3 Å². The van der Waals surface area contributed by atoms with Crippen molar-refractivity contribution in [2.75, 3.05) is 0 Å². The third-order valence-corrected chi connectivity index (χ3v) is 17.4. The van der Waals surface area contributed by atoms with Gasteiger partial charge in [-0.25, -0.2) is 30.3 Å². The minimum atomic E-state index is -0.710. The number of benzene rings is 2. The zero-order valence-corrected chi connectivity index (χ0v) is 56.7. The number of carbonyl (C=O) groups excluding carboxylic acids is 2. The second kappa shape index (κ2) is 36.9. The molecule has 109 heavy (non-hydrogen) atoms. The number of fused-ring (bicyclic) bond motifs is 1. The van der Waals surface area contributed by atoms with Gasteiger partial charge in [-0.05, 0) is 47.2 Å². The largest absolute Gasteiger partial charge is 0.531 e. The van der Waals surface area contributed by atoms with Crippen molar-refractivity contribution in [3.05, 3.63) is 317 Å². The molecule has 0 atom stereocenters. The average Bonchev–Trinajstić information content (AvgIpc) is 1.55. The quantitative estimate of drug-likeness (QED) is 0.0517. The number of hydrogen-bond acceptors (Lipinski definition) is 22. The smallest absolute Gasteiger partial charge is 0.290 e. The van der Waals surface area contributed by atoms with Crippen LogP contribution in [-0.2, 0) is 9.59 Å². The summed E-state index contributed by atoms with van der Waals surface area (Å²) in [6.07, 6.45) is 0. The van der Waals surface area contributed by atoms with Crippen LogP contribution in [0.5, 0.6) is 0 Å². The first-order chi connectivity index (χ1) is 52.6. The third-order valence-electron chi connectivity index (χ3n) is 13.7. The SMILES string of the molecule is N#CC(C#N)=C1C(=O)C1=O.[C-]#[N+]/C(C#N)=c1/ccc(=C2C(=c3ccc(=C(C#N)C#N)s3)C2=c2cc/c(=C(/C#N)[N+]#[C-])s2)s1.[C-]#[N+]C([N+]#[C-])=C1C(=C(C#N)C#N)/C1=C(\C#N)[N+]#[C-].[C-]#[N+]C([N+]#[C-])=c1c(=O)c1=C(C#N)C#N.[C-]#[N+]C([N+]#[C-])=c1c(=S)c1=C(C#N)C#N.[C-]#[N+]C([N+]#[C-])=c1ccc2cc(=C(C#N)C#N)ccc2c1. The Hall–Kier alpha value is -19.5. The van der Waals surface area contributed by atoms with Crippen LogP contribution in [-0.4, -0.2) is 11.6 Å². The maximum Gasteiger partial charge on any atom is 0.531 e. The zero-order valence-electron chi connectivity index (χ0n) is 53.4. The van der Waals surface area contributed by atoms with Crippen LogP contribution in [0, 0.1) is 247 Å². The van der Waals surface area contributed by atoms with Gasteiger partial charge in [-0.2, -0.15) is 102 Å². The number of carbonyl (C=O) groups is 2. The Kier molecular flexibility index (Phi) is 27.2. The molecule has 0 saturated heterocycles. The lowest BCUT2D eigenvalue weighted by Crippen LogP contribution is -2.05. The van der Waals surface area contributed by atoms with Gasteiger partial charge < -0.3 is 0 Å². The predicted octanol–water partition coefficient (Wildman–Crippen LogP) is 3.97. The highest BCUT2D eigenvalue weighted by Crippen LogP contribution is 2.51. The molecule has 7 aromatic rings. The van der Waals surface area contributed by atoms with Gasteiger partial charge in [-0.3, -0.25) is 14.4 Å². The van der Waals surface area contributed by atoms with Crippen molar-refractivity contribution in [2.45, 2.75) is 0 Å². The van der Waals surface area contributed by atoms with Crippen molar-refractivity contribution >= 4 is 136 Å². The van der Waals surface area contributed by atoms with Gasteiger partial charge in [0, 0.05) is 61.0 Å². The van der Waals surface area contributed by atoms with Crippen molar-refractivity contribution in [3.8, 4) is 91.0 Å². The molecular weight excluding hydrogens is 1450 g/mol. The van der Waals surface area contributed by atoms with Crippen molar-refractivity contribution < 1.29 is 9.59 Å². The van der Waals surface area contributed by atoms with E-state index in [1.54, 1.807) is 84.9 Å². The summed E-state index contributed by atoms with van der Waals surface area (Å²) in [5, 5.41) is 134. The van der Waals surface area contributed by atoms with Crippen LogP contribution >= 0.6 is 46.2 Å². The number of rotatable bonds is 0. The lowest BCUT2D eigenvalue weighted by molar-refractivity contribution is -0.122. The molecule has 0 bridgehead atoms. The second-order valence-corrected chi connectivity index (χ2v) is 22.9. The molecule has 3 heterocycles. The van der Waals surface area contributed by atoms with Crippen LogP contribution in [0.25, 0.3) is 132 Å². The lowest BCUT2D eigenvalue weighted by Gasteiger charge is -1.96. The molecule has 488 valence electrons. The minimum absolute atomic E-state index is 0.0253. The fraction of sp³-hybridized carbons (Fsp3) is 0. The normalized spacial score (nSPS) is 12.8. The summed E-state index contributed by atoms with van der Waals surface area (Å²) in [4.78, 5) is 64.9. The van der Waals surface area contributed by atoms with Crippen LogP contribution < -0.4 is 63.9 Å². The highest BCUT2D eigenvalue weighted by atomic mass is 32.1. The van der Waals surface area contributed by atoms with E-state index in [1.807, 2.05) is 54.6 Å². The maximum atomic E-state index is 11.0. The van der Waals surface area contributed by atoms with E-state index in [0.29, 0.717) is 24.0 Å². The van der Waals surface area contributed by atoms with Crippen molar-refractivity contribution in [1.82, 2.24) is 0 Å². The van der Waals surface area contributed by atoms with Gasteiger partial charge in [0.1, 0.15) is 170 Å². The number of nitrogens with zero attached hydrogens (tertiary/aromatic N) is 26. The molecular formula is C76H12N26O3S4. The number of hydrogen-bond donors (Lipinski definition) is 0. The average molecular weight is 1470 g/mol. The number of Topliss-reactive ketones (excluding diaryl/α,β-unsaturated/α-hetero) is 2. The Morgan fingerprint density at radius 3 is 0.982 bits per heavy atom. The Bertz CT molecular complexity index is 6820. The zero-order chi connectivity index (χ0) is 80.9. The molecule has 3 aliphatic rings. The Morgan fingerprint density at radius 2 is 0.633 bits per heavy atom. The molecule has 4 aromatic carbocycles. The molecule has 3 aliphatic carbocycles. The number of allylic oxidation sites excluding steroid dienone is 7. The van der Waals surface area contributed by atoms with Gasteiger partial charge >= 0.3 is 23.3 Å². The summed E-state index contributed by atoms with van der Waals surface area (Å²) in [7, 11) is 0. The van der Waals surface area contributed by atoms with Gasteiger partial charge in [-0.1, -0.05) is 48.6 Å². The molecule has 3 fully saturated rings. The minimum Gasteiger partial charge on any atom is -0.290 e. The summed E-state index contributed by atoms with van der Waals surface area (Å²) in [5.74, 6) is -2.30. The number of ketones is 2. The first-order valence-electron chi connectivity index (χ1n) is 27.8. The first-order valence-corrected chi connectivity index (χ1v) is 30.6. The van der Waals surface area contributed by atoms with E-state index in [9.17, 15) is 35.4 Å². The fourth-order valence-electron chi connectivity index (χ4n) is 8.60. The van der Waals surface area contributed by atoms with Crippen LogP contribution in [0.2, 0.25) is 0 Å². The van der Waals surface area contributed by atoms with E-state index < -0.39 is 17.0 Å². The molecule has 10 rings (SSSR count). The highest BCUT2D eigenvalue weighted by Gasteiger charge is 2.45. The van der Waals surface area contributed by atoms with E-state index in [4.69, 9.17) is 142 Å².